The Morgan fingerprint density at radius 2 is 1.95 bits per heavy atom. The first-order valence-corrected chi connectivity index (χ1v) is 8.96. The lowest BCUT2D eigenvalue weighted by atomic mass is 9.49. The second-order valence-electron chi connectivity index (χ2n) is 7.43. The van der Waals surface area contributed by atoms with Gasteiger partial charge >= 0.3 is 0 Å². The molecule has 7 heteroatoms. The van der Waals surface area contributed by atoms with Gasteiger partial charge in [-0.25, -0.2) is 0 Å². The van der Waals surface area contributed by atoms with E-state index in [9.17, 15) is 4.79 Å². The Balaban J connectivity index is 1.31. The fourth-order valence-corrected chi connectivity index (χ4v) is 6.16. The number of amides is 1. The lowest BCUT2D eigenvalue weighted by Gasteiger charge is -2.55. The third-order valence-corrected chi connectivity index (χ3v) is 6.76. The molecule has 0 saturated heterocycles. The van der Waals surface area contributed by atoms with Gasteiger partial charge in [0.2, 0.25) is 10.9 Å². The number of carbonyl (C=O) groups excluding carboxylic acids is 1. The van der Waals surface area contributed by atoms with Crippen LogP contribution in [0.25, 0.3) is 4.96 Å². The summed E-state index contributed by atoms with van der Waals surface area (Å²) in [5, 5.41) is 16.2. The van der Waals surface area contributed by atoms with Gasteiger partial charge < -0.3 is 5.32 Å². The van der Waals surface area contributed by atoms with Gasteiger partial charge in [0.1, 0.15) is 11.3 Å². The van der Waals surface area contributed by atoms with E-state index in [1.807, 2.05) is 0 Å². The Morgan fingerprint density at radius 1 is 1.27 bits per heavy atom. The number of nitrogens with zero attached hydrogens (tertiary/aromatic N) is 4. The van der Waals surface area contributed by atoms with Crippen LogP contribution in [0, 0.1) is 23.2 Å². The lowest BCUT2D eigenvalue weighted by molar-refractivity contribution is -0.146. The molecule has 0 atom stereocenters. The van der Waals surface area contributed by atoms with Crippen LogP contribution >= 0.6 is 11.3 Å². The highest BCUT2D eigenvalue weighted by atomic mass is 32.1. The van der Waals surface area contributed by atoms with Crippen LogP contribution in [0.2, 0.25) is 0 Å². The van der Waals surface area contributed by atoms with E-state index in [1.54, 1.807) is 10.8 Å². The summed E-state index contributed by atoms with van der Waals surface area (Å²) < 4.78 is 1.66. The summed E-state index contributed by atoms with van der Waals surface area (Å²) in [6.45, 7) is 0.509. The third kappa shape index (κ3) is 1.91. The molecule has 1 N–H and O–H groups in total. The SMILES string of the molecule is O=C(NCc1nn2cnnc2s1)C12CC3CC(CC(C3)C1)C2. The van der Waals surface area contributed by atoms with Gasteiger partial charge in [-0.1, -0.05) is 11.3 Å². The minimum absolute atomic E-state index is 0.0757. The first kappa shape index (κ1) is 13.0. The molecule has 0 radical (unpaired) electrons. The van der Waals surface area contributed by atoms with Crippen LogP contribution in [-0.4, -0.2) is 25.7 Å². The Hall–Kier alpha value is -1.50. The van der Waals surface area contributed by atoms with E-state index in [2.05, 4.69) is 20.6 Å². The highest BCUT2D eigenvalue weighted by Crippen LogP contribution is 2.60. The van der Waals surface area contributed by atoms with Crippen molar-refractivity contribution in [1.29, 1.82) is 0 Å². The molecular formula is C15H19N5OS. The quantitative estimate of drug-likeness (QED) is 0.940. The monoisotopic (exact) mass is 317 g/mol. The molecule has 0 spiro atoms. The average molecular weight is 317 g/mol. The lowest BCUT2D eigenvalue weighted by Crippen LogP contribution is -2.53. The molecule has 0 aromatic carbocycles. The number of aromatic nitrogens is 4. The van der Waals surface area contributed by atoms with Gasteiger partial charge in [0.25, 0.3) is 0 Å². The third-order valence-electron chi connectivity index (χ3n) is 5.85. The maximum atomic E-state index is 12.9. The Morgan fingerprint density at radius 3 is 2.59 bits per heavy atom. The maximum absolute atomic E-state index is 12.9. The molecule has 4 saturated carbocycles. The summed E-state index contributed by atoms with van der Waals surface area (Å²) in [7, 11) is 0. The molecule has 4 aliphatic rings. The number of carbonyl (C=O) groups is 1. The summed E-state index contributed by atoms with van der Waals surface area (Å²) in [5.74, 6) is 2.65. The van der Waals surface area contributed by atoms with Crippen molar-refractivity contribution in [3.8, 4) is 0 Å². The van der Waals surface area contributed by atoms with Gasteiger partial charge in [-0.15, -0.1) is 10.2 Å². The van der Waals surface area contributed by atoms with Crippen molar-refractivity contribution in [2.45, 2.75) is 45.1 Å². The summed E-state index contributed by atoms with van der Waals surface area (Å²) in [5.41, 5.74) is -0.0757. The topological polar surface area (TPSA) is 72.2 Å². The van der Waals surface area contributed by atoms with E-state index in [0.717, 1.165) is 47.0 Å². The van der Waals surface area contributed by atoms with Crippen LogP contribution in [0.15, 0.2) is 6.33 Å². The molecule has 2 heterocycles. The summed E-state index contributed by atoms with van der Waals surface area (Å²) in [6, 6.07) is 0. The molecule has 0 unspecified atom stereocenters. The first-order chi connectivity index (χ1) is 10.7. The standard InChI is InChI=1S/C15H19N5OS/c21-13(16-7-12-19-20-8-17-18-14(20)22-12)15-4-9-1-10(5-15)3-11(2-9)6-15/h8-11H,1-7H2,(H,16,21). The van der Waals surface area contributed by atoms with E-state index in [4.69, 9.17) is 0 Å². The highest BCUT2D eigenvalue weighted by Gasteiger charge is 2.54. The molecule has 0 aliphatic heterocycles. The smallest absolute Gasteiger partial charge is 0.234 e. The van der Waals surface area contributed by atoms with Crippen LogP contribution in [0.4, 0.5) is 0 Å². The van der Waals surface area contributed by atoms with Gasteiger partial charge in [-0.05, 0) is 56.3 Å². The molecule has 116 valence electrons. The number of hydrogen-bond acceptors (Lipinski definition) is 5. The van der Waals surface area contributed by atoms with E-state index in [1.165, 1.54) is 30.6 Å². The molecule has 4 aliphatic carbocycles. The molecule has 1 amide bonds. The predicted molar refractivity (Wildman–Crippen MR) is 81.1 cm³/mol. The fourth-order valence-electron chi connectivity index (χ4n) is 5.40. The molecular weight excluding hydrogens is 298 g/mol. The number of nitrogens with one attached hydrogen (secondary N) is 1. The number of rotatable bonds is 3. The fraction of sp³-hybridized carbons (Fsp3) is 0.733. The van der Waals surface area contributed by atoms with E-state index < -0.39 is 0 Å². The van der Waals surface area contributed by atoms with Crippen molar-refractivity contribution in [3.05, 3.63) is 11.3 Å². The molecule has 6 nitrogen and oxygen atoms in total. The average Bonchev–Trinajstić information content (AvgIpc) is 3.04. The summed E-state index contributed by atoms with van der Waals surface area (Å²) in [4.78, 5) is 13.6. The molecule has 22 heavy (non-hydrogen) atoms. The van der Waals surface area contributed by atoms with Crippen molar-refractivity contribution in [2.24, 2.45) is 23.2 Å². The zero-order chi connectivity index (χ0) is 14.7. The van der Waals surface area contributed by atoms with Crippen molar-refractivity contribution in [2.75, 3.05) is 0 Å². The number of fused-ring (bicyclic) bond motifs is 1. The molecule has 2 aromatic rings. The van der Waals surface area contributed by atoms with Crippen molar-refractivity contribution in [3.63, 3.8) is 0 Å². The largest absolute Gasteiger partial charge is 0.349 e. The van der Waals surface area contributed by atoms with Gasteiger partial charge in [-0.3, -0.25) is 4.79 Å². The van der Waals surface area contributed by atoms with Crippen LogP contribution in [0.5, 0.6) is 0 Å². The first-order valence-electron chi connectivity index (χ1n) is 8.14. The second-order valence-corrected chi connectivity index (χ2v) is 8.47. The molecule has 4 fully saturated rings. The molecule has 6 rings (SSSR count). The molecule has 2 aromatic heterocycles. The van der Waals surface area contributed by atoms with Crippen molar-refractivity contribution in [1.82, 2.24) is 25.1 Å². The zero-order valence-corrected chi connectivity index (χ0v) is 13.2. The minimum Gasteiger partial charge on any atom is -0.349 e. The zero-order valence-electron chi connectivity index (χ0n) is 12.4. The predicted octanol–water partition coefficient (Wildman–Crippen LogP) is 2.02. The second kappa shape index (κ2) is 4.50. The number of hydrogen-bond donors (Lipinski definition) is 1. The van der Waals surface area contributed by atoms with Gasteiger partial charge in [-0.2, -0.15) is 9.61 Å². The summed E-state index contributed by atoms with van der Waals surface area (Å²) >= 11 is 1.49. The van der Waals surface area contributed by atoms with E-state index in [-0.39, 0.29) is 11.3 Å². The van der Waals surface area contributed by atoms with Crippen molar-refractivity contribution < 1.29 is 4.79 Å². The highest BCUT2D eigenvalue weighted by molar-refractivity contribution is 7.16. The van der Waals surface area contributed by atoms with Crippen LogP contribution in [-0.2, 0) is 11.3 Å². The molecule has 4 bridgehead atoms. The Bertz CT molecular complexity index is 671. The van der Waals surface area contributed by atoms with Crippen LogP contribution in [0.3, 0.4) is 0 Å². The van der Waals surface area contributed by atoms with Crippen LogP contribution in [0.1, 0.15) is 43.5 Å². The van der Waals surface area contributed by atoms with Crippen molar-refractivity contribution >= 4 is 22.2 Å². The van der Waals surface area contributed by atoms with Gasteiger partial charge in [0.05, 0.1) is 6.54 Å². The normalized spacial score (nSPS) is 36.1. The Kier molecular flexibility index (Phi) is 2.66. The Labute approximate surface area is 132 Å². The van der Waals surface area contributed by atoms with E-state index >= 15 is 0 Å². The van der Waals surface area contributed by atoms with Crippen LogP contribution < -0.4 is 5.32 Å². The summed E-state index contributed by atoms with van der Waals surface area (Å²) in [6.07, 6.45) is 9.01. The van der Waals surface area contributed by atoms with Gasteiger partial charge in [0.15, 0.2) is 0 Å². The maximum Gasteiger partial charge on any atom is 0.234 e. The minimum atomic E-state index is -0.0757. The van der Waals surface area contributed by atoms with E-state index in [0.29, 0.717) is 6.54 Å². The van der Waals surface area contributed by atoms with Gasteiger partial charge in [0, 0.05) is 5.41 Å².